The monoisotopic (exact) mass is 350 g/mol. The Morgan fingerprint density at radius 3 is 2.31 bits per heavy atom. The van der Waals surface area contributed by atoms with E-state index in [-0.39, 0.29) is 0 Å². The highest BCUT2D eigenvalue weighted by Crippen LogP contribution is 2.29. The summed E-state index contributed by atoms with van der Waals surface area (Å²) in [6, 6.07) is 15.5. The number of ether oxygens (including phenoxy) is 2. The fourth-order valence-electron chi connectivity index (χ4n) is 2.60. The normalized spacial score (nSPS) is 10.3. The van der Waals surface area contributed by atoms with E-state index in [1.54, 1.807) is 14.2 Å². The first-order valence-corrected chi connectivity index (χ1v) is 8.26. The Balaban J connectivity index is 1.87. The molecular weight excluding hydrogens is 328 g/mol. The first-order valence-electron chi connectivity index (χ1n) is 8.26. The number of methoxy groups -OCH3 is 2. The van der Waals surface area contributed by atoms with Crippen molar-refractivity contribution >= 4 is 23.0 Å². The minimum absolute atomic E-state index is 0.659. The Morgan fingerprint density at radius 2 is 1.58 bits per heavy atom. The molecule has 0 spiro atoms. The second kappa shape index (κ2) is 7.74. The molecule has 1 heterocycles. The summed E-state index contributed by atoms with van der Waals surface area (Å²) >= 11 is 0. The summed E-state index contributed by atoms with van der Waals surface area (Å²) in [6.45, 7) is 3.89. The van der Waals surface area contributed by atoms with Gasteiger partial charge >= 0.3 is 0 Å². The van der Waals surface area contributed by atoms with Crippen LogP contribution in [-0.4, -0.2) is 24.2 Å². The Labute approximate surface area is 153 Å². The molecule has 0 fully saturated rings. The van der Waals surface area contributed by atoms with E-state index in [2.05, 4.69) is 20.6 Å². The molecule has 0 bridgehead atoms. The maximum absolute atomic E-state index is 5.42. The zero-order chi connectivity index (χ0) is 18.5. The fourth-order valence-corrected chi connectivity index (χ4v) is 2.60. The third kappa shape index (κ3) is 4.22. The van der Waals surface area contributed by atoms with Crippen molar-refractivity contribution in [3.8, 4) is 11.5 Å². The highest BCUT2D eigenvalue weighted by Gasteiger charge is 2.07. The van der Waals surface area contributed by atoms with Crippen molar-refractivity contribution < 1.29 is 9.47 Å². The summed E-state index contributed by atoms with van der Waals surface area (Å²) in [5.41, 5.74) is 2.88. The van der Waals surface area contributed by atoms with Crippen LogP contribution in [0, 0.1) is 13.8 Å². The van der Waals surface area contributed by atoms with Crippen LogP contribution < -0.4 is 20.1 Å². The van der Waals surface area contributed by atoms with Crippen molar-refractivity contribution in [3.63, 3.8) is 0 Å². The molecule has 3 aromatic rings. The van der Waals surface area contributed by atoms with Gasteiger partial charge in [-0.3, -0.25) is 0 Å². The average Bonchev–Trinajstić information content (AvgIpc) is 2.61. The number of nitrogens with one attached hydrogen (secondary N) is 2. The molecule has 0 unspecified atom stereocenters. The highest BCUT2D eigenvalue weighted by molar-refractivity contribution is 5.68. The van der Waals surface area contributed by atoms with Gasteiger partial charge in [0.25, 0.3) is 0 Å². The predicted molar refractivity (Wildman–Crippen MR) is 104 cm³/mol. The van der Waals surface area contributed by atoms with Crippen LogP contribution in [0.25, 0.3) is 0 Å². The minimum atomic E-state index is 0.659. The van der Waals surface area contributed by atoms with Crippen LogP contribution in [0.4, 0.5) is 23.0 Å². The molecule has 0 aliphatic rings. The van der Waals surface area contributed by atoms with E-state index < -0.39 is 0 Å². The number of aromatic nitrogens is 2. The highest BCUT2D eigenvalue weighted by atomic mass is 16.5. The van der Waals surface area contributed by atoms with Gasteiger partial charge < -0.3 is 20.1 Å². The largest absolute Gasteiger partial charge is 0.497 e. The number of hydrogen-bond donors (Lipinski definition) is 2. The lowest BCUT2D eigenvalue weighted by atomic mass is 10.2. The molecule has 6 heteroatoms. The second-order valence-corrected chi connectivity index (χ2v) is 5.87. The van der Waals surface area contributed by atoms with Gasteiger partial charge in [-0.1, -0.05) is 12.1 Å². The van der Waals surface area contributed by atoms with Crippen LogP contribution in [0.3, 0.4) is 0 Å². The molecule has 2 aromatic carbocycles. The van der Waals surface area contributed by atoms with Gasteiger partial charge in [-0.05, 0) is 43.7 Å². The summed E-state index contributed by atoms with van der Waals surface area (Å²) in [5.74, 6) is 3.58. The number of benzene rings is 2. The van der Waals surface area contributed by atoms with Crippen molar-refractivity contribution in [2.45, 2.75) is 13.8 Å². The third-order valence-electron chi connectivity index (χ3n) is 3.80. The topological polar surface area (TPSA) is 68.3 Å². The summed E-state index contributed by atoms with van der Waals surface area (Å²) in [5, 5.41) is 6.60. The second-order valence-electron chi connectivity index (χ2n) is 5.87. The maximum atomic E-state index is 5.42. The van der Waals surface area contributed by atoms with Gasteiger partial charge in [-0.15, -0.1) is 0 Å². The third-order valence-corrected chi connectivity index (χ3v) is 3.80. The van der Waals surface area contributed by atoms with Gasteiger partial charge in [0.15, 0.2) is 0 Å². The molecule has 1 aromatic heterocycles. The Bertz CT molecular complexity index is 912. The summed E-state index contributed by atoms with van der Waals surface area (Å²) in [6.07, 6.45) is 0. The zero-order valence-corrected chi connectivity index (χ0v) is 15.3. The fraction of sp³-hybridized carbons (Fsp3) is 0.200. The summed E-state index contributed by atoms with van der Waals surface area (Å²) in [7, 11) is 3.29. The Kier molecular flexibility index (Phi) is 5.22. The predicted octanol–water partition coefficient (Wildman–Crippen LogP) is 4.60. The minimum Gasteiger partial charge on any atom is -0.497 e. The van der Waals surface area contributed by atoms with Crippen molar-refractivity contribution in [1.82, 2.24) is 9.97 Å². The molecule has 0 aliphatic carbocycles. The van der Waals surface area contributed by atoms with Gasteiger partial charge in [0, 0.05) is 17.8 Å². The molecule has 3 rings (SSSR count). The van der Waals surface area contributed by atoms with E-state index in [1.807, 2.05) is 62.4 Å². The Hall–Kier alpha value is -3.28. The van der Waals surface area contributed by atoms with E-state index >= 15 is 0 Å². The average molecular weight is 350 g/mol. The first kappa shape index (κ1) is 17.5. The molecular formula is C20H22N4O2. The molecule has 0 saturated carbocycles. The SMILES string of the molecule is COc1cccc(Nc2cc(Nc3cc(C)ccc3OC)nc(C)n2)c1. The zero-order valence-electron chi connectivity index (χ0n) is 15.3. The molecule has 0 radical (unpaired) electrons. The van der Waals surface area contributed by atoms with Gasteiger partial charge in [0.2, 0.25) is 0 Å². The first-order chi connectivity index (χ1) is 12.6. The molecule has 134 valence electrons. The van der Waals surface area contributed by atoms with Crippen molar-refractivity contribution in [1.29, 1.82) is 0 Å². The lowest BCUT2D eigenvalue weighted by Crippen LogP contribution is -2.02. The van der Waals surface area contributed by atoms with Gasteiger partial charge in [0.1, 0.15) is 29.0 Å². The molecule has 0 aliphatic heterocycles. The van der Waals surface area contributed by atoms with Crippen molar-refractivity contribution in [3.05, 3.63) is 59.9 Å². The lowest BCUT2D eigenvalue weighted by molar-refractivity contribution is 0.415. The lowest BCUT2D eigenvalue weighted by Gasteiger charge is -2.13. The van der Waals surface area contributed by atoms with Crippen LogP contribution in [0.1, 0.15) is 11.4 Å². The van der Waals surface area contributed by atoms with Crippen LogP contribution in [0.5, 0.6) is 11.5 Å². The van der Waals surface area contributed by atoms with Crippen LogP contribution >= 0.6 is 0 Å². The summed E-state index contributed by atoms with van der Waals surface area (Å²) < 4.78 is 10.7. The standard InChI is InChI=1S/C20H22N4O2/c1-13-8-9-18(26-4)17(10-13)24-20-12-19(21-14(2)22-20)23-15-6-5-7-16(11-15)25-3/h5-12H,1-4H3,(H2,21,22,23,24). The van der Waals surface area contributed by atoms with Crippen molar-refractivity contribution in [2.75, 3.05) is 24.9 Å². The number of aryl methyl sites for hydroxylation is 2. The molecule has 26 heavy (non-hydrogen) atoms. The van der Waals surface area contributed by atoms with E-state index in [9.17, 15) is 0 Å². The van der Waals surface area contributed by atoms with Crippen LogP contribution in [-0.2, 0) is 0 Å². The molecule has 0 atom stereocenters. The van der Waals surface area contributed by atoms with Gasteiger partial charge in [-0.2, -0.15) is 0 Å². The van der Waals surface area contributed by atoms with E-state index in [4.69, 9.17) is 9.47 Å². The van der Waals surface area contributed by atoms with Crippen LogP contribution in [0.2, 0.25) is 0 Å². The maximum Gasteiger partial charge on any atom is 0.142 e. The van der Waals surface area contributed by atoms with E-state index in [0.717, 1.165) is 28.4 Å². The number of nitrogens with zero attached hydrogens (tertiary/aromatic N) is 2. The van der Waals surface area contributed by atoms with Gasteiger partial charge in [-0.25, -0.2) is 9.97 Å². The molecule has 0 saturated heterocycles. The van der Waals surface area contributed by atoms with Gasteiger partial charge in [0.05, 0.1) is 19.9 Å². The van der Waals surface area contributed by atoms with E-state index in [1.165, 1.54) is 0 Å². The molecule has 6 nitrogen and oxygen atoms in total. The Morgan fingerprint density at radius 1 is 0.808 bits per heavy atom. The smallest absolute Gasteiger partial charge is 0.142 e. The van der Waals surface area contributed by atoms with Crippen molar-refractivity contribution in [2.24, 2.45) is 0 Å². The number of hydrogen-bond acceptors (Lipinski definition) is 6. The molecule has 0 amide bonds. The number of rotatable bonds is 6. The summed E-state index contributed by atoms with van der Waals surface area (Å²) in [4.78, 5) is 8.92. The quantitative estimate of drug-likeness (QED) is 0.677. The van der Waals surface area contributed by atoms with Crippen LogP contribution in [0.15, 0.2) is 48.5 Å². The number of anilines is 4. The molecule has 2 N–H and O–H groups in total. The van der Waals surface area contributed by atoms with E-state index in [0.29, 0.717) is 17.5 Å².